The monoisotopic (exact) mass is 223 g/mol. The summed E-state index contributed by atoms with van der Waals surface area (Å²) < 4.78 is 10.4. The Morgan fingerprint density at radius 1 is 1.38 bits per heavy atom. The average Bonchev–Trinajstić information content (AvgIpc) is 3.09. The summed E-state index contributed by atoms with van der Waals surface area (Å²) in [6.45, 7) is 1.82. The highest BCUT2D eigenvalue weighted by Gasteiger charge is 2.50. The zero-order valence-electron chi connectivity index (χ0n) is 9.86. The molecular weight excluding hydrogens is 206 g/mol. The number of aliphatic hydroxyl groups excluding tert-OH is 1. The predicted molar refractivity (Wildman–Crippen MR) is 59.9 cm³/mol. The fraction of sp³-hybridized carbons (Fsp3) is 0.583. The summed E-state index contributed by atoms with van der Waals surface area (Å²) in [4.78, 5) is 4.10. The van der Waals surface area contributed by atoms with Gasteiger partial charge in [0.1, 0.15) is 5.75 Å². The number of aliphatic hydroxyl groups is 1. The number of rotatable bonds is 4. The highest BCUT2D eigenvalue weighted by atomic mass is 16.5. The molecule has 1 saturated carbocycles. The molecule has 4 heteroatoms. The number of nitrogens with zero attached hydrogens (tertiary/aromatic N) is 1. The first-order valence-corrected chi connectivity index (χ1v) is 5.40. The molecule has 0 saturated heterocycles. The van der Waals surface area contributed by atoms with Gasteiger partial charge < -0.3 is 14.6 Å². The molecule has 2 rings (SSSR count). The van der Waals surface area contributed by atoms with Crippen molar-refractivity contribution in [2.24, 2.45) is 0 Å². The second kappa shape index (κ2) is 3.94. The SMILES string of the molecule is COc1cc(C2(C(C)O)CC2)c(OC)cn1. The molecule has 1 aliphatic rings. The molecule has 0 radical (unpaired) electrons. The summed E-state index contributed by atoms with van der Waals surface area (Å²) in [5, 5.41) is 9.86. The predicted octanol–water partition coefficient (Wildman–Crippen LogP) is 1.51. The van der Waals surface area contributed by atoms with E-state index in [0.29, 0.717) is 5.88 Å². The Hall–Kier alpha value is -1.29. The van der Waals surface area contributed by atoms with Gasteiger partial charge in [0.2, 0.25) is 5.88 Å². The van der Waals surface area contributed by atoms with Gasteiger partial charge in [0.25, 0.3) is 0 Å². The molecule has 4 nitrogen and oxygen atoms in total. The second-order valence-corrected chi connectivity index (χ2v) is 4.26. The molecule has 1 aliphatic carbocycles. The van der Waals surface area contributed by atoms with E-state index >= 15 is 0 Å². The van der Waals surface area contributed by atoms with Crippen LogP contribution in [0.4, 0.5) is 0 Å². The molecule has 1 atom stereocenters. The number of hydrogen-bond acceptors (Lipinski definition) is 4. The summed E-state index contributed by atoms with van der Waals surface area (Å²) in [5.74, 6) is 1.28. The van der Waals surface area contributed by atoms with Gasteiger partial charge in [0.15, 0.2) is 0 Å². The molecule has 0 aromatic carbocycles. The van der Waals surface area contributed by atoms with Gasteiger partial charge in [-0.25, -0.2) is 4.98 Å². The van der Waals surface area contributed by atoms with E-state index < -0.39 is 0 Å². The highest BCUT2D eigenvalue weighted by Crippen LogP contribution is 2.54. The van der Waals surface area contributed by atoms with E-state index in [1.54, 1.807) is 20.4 Å². The van der Waals surface area contributed by atoms with Gasteiger partial charge in [0, 0.05) is 17.0 Å². The Bertz CT molecular complexity index is 386. The van der Waals surface area contributed by atoms with Gasteiger partial charge in [0.05, 0.1) is 26.5 Å². The van der Waals surface area contributed by atoms with Crippen LogP contribution in [0.3, 0.4) is 0 Å². The Labute approximate surface area is 95.2 Å². The van der Waals surface area contributed by atoms with Gasteiger partial charge in [-0.05, 0) is 19.8 Å². The molecular formula is C12H17NO3. The van der Waals surface area contributed by atoms with Crippen LogP contribution in [0.25, 0.3) is 0 Å². The Morgan fingerprint density at radius 3 is 2.50 bits per heavy atom. The zero-order valence-corrected chi connectivity index (χ0v) is 9.86. The van der Waals surface area contributed by atoms with Crippen molar-refractivity contribution in [1.29, 1.82) is 0 Å². The van der Waals surface area contributed by atoms with Crippen LogP contribution >= 0.6 is 0 Å². The second-order valence-electron chi connectivity index (χ2n) is 4.26. The van der Waals surface area contributed by atoms with E-state index in [1.165, 1.54) is 0 Å². The molecule has 1 heterocycles. The van der Waals surface area contributed by atoms with Crippen molar-refractivity contribution in [3.05, 3.63) is 17.8 Å². The normalized spacial score (nSPS) is 19.0. The standard InChI is InChI=1S/C12H17NO3/c1-8(14)12(4-5-12)9-6-11(16-3)13-7-10(9)15-2/h6-8,14H,4-5H2,1-3H3. The quantitative estimate of drug-likeness (QED) is 0.840. The van der Waals surface area contributed by atoms with E-state index in [1.807, 2.05) is 13.0 Å². The maximum atomic E-state index is 9.86. The number of hydrogen-bond donors (Lipinski definition) is 1. The van der Waals surface area contributed by atoms with Crippen molar-refractivity contribution in [2.75, 3.05) is 14.2 Å². The lowest BCUT2D eigenvalue weighted by Gasteiger charge is -2.21. The number of aromatic nitrogens is 1. The summed E-state index contributed by atoms with van der Waals surface area (Å²) in [7, 11) is 3.20. The lowest BCUT2D eigenvalue weighted by molar-refractivity contribution is 0.148. The van der Waals surface area contributed by atoms with Crippen LogP contribution in [-0.4, -0.2) is 30.4 Å². The molecule has 1 unspecified atom stereocenters. The topological polar surface area (TPSA) is 51.6 Å². The van der Waals surface area contributed by atoms with Crippen LogP contribution < -0.4 is 9.47 Å². The first kappa shape index (κ1) is 11.2. The van der Waals surface area contributed by atoms with E-state index in [2.05, 4.69) is 4.98 Å². The molecule has 0 bridgehead atoms. The largest absolute Gasteiger partial charge is 0.495 e. The molecule has 1 aromatic rings. The fourth-order valence-electron chi connectivity index (χ4n) is 2.13. The van der Waals surface area contributed by atoms with Crippen LogP contribution in [0.5, 0.6) is 11.6 Å². The molecule has 1 N–H and O–H groups in total. The van der Waals surface area contributed by atoms with Gasteiger partial charge in [-0.1, -0.05) is 0 Å². The number of pyridine rings is 1. The van der Waals surface area contributed by atoms with Crippen molar-refractivity contribution in [1.82, 2.24) is 4.98 Å². The van der Waals surface area contributed by atoms with Gasteiger partial charge in [-0.2, -0.15) is 0 Å². The van der Waals surface area contributed by atoms with Crippen molar-refractivity contribution in [2.45, 2.75) is 31.3 Å². The minimum atomic E-state index is -0.381. The third kappa shape index (κ3) is 1.63. The molecule has 1 fully saturated rings. The van der Waals surface area contributed by atoms with E-state index in [4.69, 9.17) is 9.47 Å². The minimum Gasteiger partial charge on any atom is -0.495 e. The first-order chi connectivity index (χ1) is 7.64. The maximum absolute atomic E-state index is 9.86. The van der Waals surface area contributed by atoms with Gasteiger partial charge >= 0.3 is 0 Å². The fourth-order valence-corrected chi connectivity index (χ4v) is 2.13. The van der Waals surface area contributed by atoms with E-state index in [9.17, 15) is 5.11 Å². The van der Waals surface area contributed by atoms with E-state index in [-0.39, 0.29) is 11.5 Å². The average molecular weight is 223 g/mol. The third-order valence-electron chi connectivity index (χ3n) is 3.40. The van der Waals surface area contributed by atoms with Crippen LogP contribution in [-0.2, 0) is 5.41 Å². The Morgan fingerprint density at radius 2 is 2.06 bits per heavy atom. The lowest BCUT2D eigenvalue weighted by Crippen LogP contribution is -2.23. The molecule has 1 aromatic heterocycles. The van der Waals surface area contributed by atoms with Gasteiger partial charge in [-0.3, -0.25) is 0 Å². The first-order valence-electron chi connectivity index (χ1n) is 5.40. The smallest absolute Gasteiger partial charge is 0.213 e. The maximum Gasteiger partial charge on any atom is 0.213 e. The summed E-state index contributed by atoms with van der Waals surface area (Å²) >= 11 is 0. The Balaban J connectivity index is 2.45. The molecule has 88 valence electrons. The highest BCUT2D eigenvalue weighted by molar-refractivity contribution is 5.45. The van der Waals surface area contributed by atoms with Crippen molar-refractivity contribution >= 4 is 0 Å². The summed E-state index contributed by atoms with van der Waals surface area (Å²) in [6.07, 6.45) is 3.23. The lowest BCUT2D eigenvalue weighted by atomic mass is 9.91. The van der Waals surface area contributed by atoms with E-state index in [0.717, 1.165) is 24.2 Å². The van der Waals surface area contributed by atoms with Crippen LogP contribution in [0.2, 0.25) is 0 Å². The molecule has 0 amide bonds. The minimum absolute atomic E-state index is 0.165. The van der Waals surface area contributed by atoms with Crippen LogP contribution in [0.15, 0.2) is 12.3 Å². The molecule has 0 spiro atoms. The van der Waals surface area contributed by atoms with Crippen molar-refractivity contribution in [3.63, 3.8) is 0 Å². The van der Waals surface area contributed by atoms with Crippen LogP contribution in [0, 0.1) is 0 Å². The van der Waals surface area contributed by atoms with Crippen molar-refractivity contribution in [3.8, 4) is 11.6 Å². The summed E-state index contributed by atoms with van der Waals surface area (Å²) in [5.41, 5.74) is 0.832. The van der Waals surface area contributed by atoms with Crippen LogP contribution in [0.1, 0.15) is 25.3 Å². The van der Waals surface area contributed by atoms with Crippen molar-refractivity contribution < 1.29 is 14.6 Å². The third-order valence-corrected chi connectivity index (χ3v) is 3.40. The number of ether oxygens (including phenoxy) is 2. The molecule has 16 heavy (non-hydrogen) atoms. The number of methoxy groups -OCH3 is 2. The zero-order chi connectivity index (χ0) is 11.8. The summed E-state index contributed by atoms with van der Waals surface area (Å²) in [6, 6.07) is 1.86. The molecule has 0 aliphatic heterocycles. The van der Waals surface area contributed by atoms with Gasteiger partial charge in [-0.15, -0.1) is 0 Å². The Kier molecular flexibility index (Phi) is 2.76.